The van der Waals surface area contributed by atoms with Gasteiger partial charge in [-0.1, -0.05) is 0 Å². The highest BCUT2D eigenvalue weighted by Crippen LogP contribution is 2.24. The lowest BCUT2D eigenvalue weighted by molar-refractivity contribution is 0.0697. The normalized spacial score (nSPS) is 10.3. The minimum absolute atomic E-state index is 0.190. The molecule has 0 fully saturated rings. The summed E-state index contributed by atoms with van der Waals surface area (Å²) in [7, 11) is 1.83. The summed E-state index contributed by atoms with van der Waals surface area (Å²) >= 11 is 3.36. The monoisotopic (exact) mass is 335 g/mol. The lowest BCUT2D eigenvalue weighted by Gasteiger charge is -2.21. The molecule has 0 amide bonds. The van der Waals surface area contributed by atoms with Crippen molar-refractivity contribution in [3.63, 3.8) is 0 Å². The van der Waals surface area contributed by atoms with Crippen LogP contribution < -0.4 is 10.6 Å². The first-order valence-electron chi connectivity index (χ1n) is 5.91. The summed E-state index contributed by atoms with van der Waals surface area (Å²) in [6, 6.07) is 6.82. The second-order valence-corrected chi connectivity index (χ2v) is 5.36. The SMILES string of the molecule is CN(Cc1cncc(Br)c1)c1ccc(N)cc1C(=O)O. The third-order valence-electron chi connectivity index (χ3n) is 2.84. The Kier molecular flexibility index (Phi) is 4.24. The number of hydrogen-bond acceptors (Lipinski definition) is 4. The molecule has 0 aliphatic heterocycles. The van der Waals surface area contributed by atoms with E-state index in [2.05, 4.69) is 20.9 Å². The van der Waals surface area contributed by atoms with E-state index in [0.717, 1.165) is 10.0 Å². The van der Waals surface area contributed by atoms with Crippen LogP contribution in [0, 0.1) is 0 Å². The Labute approximate surface area is 125 Å². The maximum atomic E-state index is 11.3. The van der Waals surface area contributed by atoms with E-state index < -0.39 is 5.97 Å². The standard InChI is InChI=1S/C14H14BrN3O2/c1-18(8-9-4-10(15)7-17-6-9)13-3-2-11(16)5-12(13)14(19)20/h2-7H,8,16H2,1H3,(H,19,20). The zero-order valence-corrected chi connectivity index (χ0v) is 12.5. The summed E-state index contributed by atoms with van der Waals surface area (Å²) < 4.78 is 0.888. The van der Waals surface area contributed by atoms with Gasteiger partial charge in [-0.3, -0.25) is 4.98 Å². The molecule has 1 heterocycles. The first kappa shape index (κ1) is 14.3. The first-order valence-corrected chi connectivity index (χ1v) is 6.70. The number of carbonyl (C=O) groups is 1. The number of carboxylic acid groups (broad SMARTS) is 1. The quantitative estimate of drug-likeness (QED) is 0.840. The number of halogens is 1. The second-order valence-electron chi connectivity index (χ2n) is 4.45. The Morgan fingerprint density at radius 3 is 2.80 bits per heavy atom. The largest absolute Gasteiger partial charge is 0.478 e. The van der Waals surface area contributed by atoms with E-state index in [1.165, 1.54) is 6.07 Å². The molecule has 0 radical (unpaired) electrons. The fourth-order valence-corrected chi connectivity index (χ4v) is 2.37. The Hall–Kier alpha value is -2.08. The van der Waals surface area contributed by atoms with Crippen molar-refractivity contribution in [1.82, 2.24) is 4.98 Å². The van der Waals surface area contributed by atoms with Crippen LogP contribution in [0.25, 0.3) is 0 Å². The number of hydrogen-bond donors (Lipinski definition) is 2. The minimum Gasteiger partial charge on any atom is -0.478 e. The third-order valence-corrected chi connectivity index (χ3v) is 3.28. The van der Waals surface area contributed by atoms with E-state index in [9.17, 15) is 9.90 Å². The molecule has 2 aromatic rings. The van der Waals surface area contributed by atoms with Crippen LogP contribution in [0.2, 0.25) is 0 Å². The number of pyridine rings is 1. The van der Waals surface area contributed by atoms with E-state index in [0.29, 0.717) is 17.9 Å². The fraction of sp³-hybridized carbons (Fsp3) is 0.143. The van der Waals surface area contributed by atoms with Crippen molar-refractivity contribution in [2.45, 2.75) is 6.54 Å². The third kappa shape index (κ3) is 3.27. The van der Waals surface area contributed by atoms with E-state index >= 15 is 0 Å². The molecule has 0 saturated heterocycles. The molecule has 0 unspecified atom stereocenters. The molecule has 0 saturated carbocycles. The molecule has 6 heteroatoms. The molecule has 0 bridgehead atoms. The average Bonchev–Trinajstić information content (AvgIpc) is 2.38. The predicted octanol–water partition coefficient (Wildman–Crippen LogP) is 2.76. The van der Waals surface area contributed by atoms with Crippen LogP contribution in [-0.2, 0) is 6.54 Å². The molecule has 0 aliphatic carbocycles. The molecule has 0 aliphatic rings. The Morgan fingerprint density at radius 1 is 1.40 bits per heavy atom. The zero-order valence-electron chi connectivity index (χ0n) is 10.9. The summed E-state index contributed by atoms with van der Waals surface area (Å²) in [5, 5.41) is 9.25. The van der Waals surface area contributed by atoms with Gasteiger partial charge in [0.2, 0.25) is 0 Å². The van der Waals surface area contributed by atoms with Crippen LogP contribution >= 0.6 is 15.9 Å². The lowest BCUT2D eigenvalue weighted by atomic mass is 10.1. The zero-order chi connectivity index (χ0) is 14.7. The van der Waals surface area contributed by atoms with E-state index in [1.807, 2.05) is 18.0 Å². The topological polar surface area (TPSA) is 79.5 Å². The van der Waals surface area contributed by atoms with E-state index in [1.54, 1.807) is 24.5 Å². The average molecular weight is 336 g/mol. The summed E-state index contributed by atoms with van der Waals surface area (Å²) in [5.41, 5.74) is 7.86. The molecular formula is C14H14BrN3O2. The van der Waals surface area contributed by atoms with Crippen LogP contribution in [-0.4, -0.2) is 23.1 Å². The van der Waals surface area contributed by atoms with Gasteiger partial charge in [0.05, 0.1) is 11.3 Å². The number of nitrogens with two attached hydrogens (primary N) is 1. The molecular weight excluding hydrogens is 322 g/mol. The van der Waals surface area contributed by atoms with Crippen LogP contribution in [0.4, 0.5) is 11.4 Å². The number of benzene rings is 1. The number of nitrogen functional groups attached to an aromatic ring is 1. The fourth-order valence-electron chi connectivity index (χ4n) is 1.96. The Bertz CT molecular complexity index is 646. The minimum atomic E-state index is -0.994. The van der Waals surface area contributed by atoms with E-state index in [4.69, 9.17) is 5.73 Å². The summed E-state index contributed by atoms with van der Waals surface area (Å²) in [4.78, 5) is 17.2. The molecule has 2 rings (SSSR count). The van der Waals surface area contributed by atoms with Crippen LogP contribution in [0.15, 0.2) is 41.1 Å². The van der Waals surface area contributed by atoms with Crippen molar-refractivity contribution >= 4 is 33.3 Å². The van der Waals surface area contributed by atoms with Crippen molar-refractivity contribution in [1.29, 1.82) is 0 Å². The number of anilines is 2. The molecule has 104 valence electrons. The summed E-state index contributed by atoms with van der Waals surface area (Å²) in [6.07, 6.45) is 3.45. The van der Waals surface area contributed by atoms with Gasteiger partial charge in [-0.05, 0) is 45.8 Å². The molecule has 5 nitrogen and oxygen atoms in total. The van der Waals surface area contributed by atoms with E-state index in [-0.39, 0.29) is 5.56 Å². The van der Waals surface area contributed by atoms with Gasteiger partial charge < -0.3 is 15.7 Å². The van der Waals surface area contributed by atoms with Crippen molar-refractivity contribution in [3.8, 4) is 0 Å². The second kappa shape index (κ2) is 5.92. The number of aromatic nitrogens is 1. The smallest absolute Gasteiger partial charge is 0.337 e. The van der Waals surface area contributed by atoms with Gasteiger partial charge in [0.25, 0.3) is 0 Å². The maximum Gasteiger partial charge on any atom is 0.337 e. The molecule has 1 aromatic carbocycles. The van der Waals surface area contributed by atoms with Crippen LogP contribution in [0.1, 0.15) is 15.9 Å². The Balaban J connectivity index is 2.29. The molecule has 1 aromatic heterocycles. The lowest BCUT2D eigenvalue weighted by Crippen LogP contribution is -2.19. The van der Waals surface area contributed by atoms with Crippen molar-refractivity contribution < 1.29 is 9.90 Å². The van der Waals surface area contributed by atoms with Crippen molar-refractivity contribution in [2.24, 2.45) is 0 Å². The highest BCUT2D eigenvalue weighted by atomic mass is 79.9. The number of carboxylic acids is 1. The van der Waals surface area contributed by atoms with Gasteiger partial charge in [0.1, 0.15) is 0 Å². The molecule has 0 spiro atoms. The predicted molar refractivity (Wildman–Crippen MR) is 81.9 cm³/mol. The van der Waals surface area contributed by atoms with Gasteiger partial charge in [-0.25, -0.2) is 4.79 Å². The van der Waals surface area contributed by atoms with Crippen LogP contribution in [0.5, 0.6) is 0 Å². The highest BCUT2D eigenvalue weighted by Gasteiger charge is 2.14. The van der Waals surface area contributed by atoms with Gasteiger partial charge in [-0.15, -0.1) is 0 Å². The van der Waals surface area contributed by atoms with Gasteiger partial charge >= 0.3 is 5.97 Å². The summed E-state index contributed by atoms with van der Waals surface area (Å²) in [6.45, 7) is 0.552. The van der Waals surface area contributed by atoms with Gasteiger partial charge in [-0.2, -0.15) is 0 Å². The number of nitrogens with zero attached hydrogens (tertiary/aromatic N) is 2. The Morgan fingerprint density at radius 2 is 2.15 bits per heavy atom. The number of rotatable bonds is 4. The van der Waals surface area contributed by atoms with Gasteiger partial charge in [0, 0.05) is 36.1 Å². The molecule has 3 N–H and O–H groups in total. The first-order chi connectivity index (χ1) is 9.47. The van der Waals surface area contributed by atoms with Crippen molar-refractivity contribution in [3.05, 3.63) is 52.3 Å². The maximum absolute atomic E-state index is 11.3. The van der Waals surface area contributed by atoms with Crippen molar-refractivity contribution in [2.75, 3.05) is 17.7 Å². The van der Waals surface area contributed by atoms with Crippen LogP contribution in [0.3, 0.4) is 0 Å². The number of aromatic carboxylic acids is 1. The summed E-state index contributed by atoms with van der Waals surface area (Å²) in [5.74, 6) is -0.994. The molecule has 0 atom stereocenters. The molecule has 20 heavy (non-hydrogen) atoms. The highest BCUT2D eigenvalue weighted by molar-refractivity contribution is 9.10. The van der Waals surface area contributed by atoms with Gasteiger partial charge in [0.15, 0.2) is 0 Å².